The van der Waals surface area contributed by atoms with Gasteiger partial charge < -0.3 is 14.2 Å². The van der Waals surface area contributed by atoms with E-state index in [1.807, 2.05) is 29.5 Å². The Kier molecular flexibility index (Phi) is 4.35. The van der Waals surface area contributed by atoms with E-state index in [0.29, 0.717) is 12.8 Å². The van der Waals surface area contributed by atoms with Gasteiger partial charge in [0.25, 0.3) is 0 Å². The van der Waals surface area contributed by atoms with Crippen molar-refractivity contribution in [2.45, 2.75) is 42.8 Å². The van der Waals surface area contributed by atoms with E-state index in [1.54, 1.807) is 6.92 Å². The first-order valence-corrected chi connectivity index (χ1v) is 8.95. The van der Waals surface area contributed by atoms with E-state index in [-0.39, 0.29) is 40.3 Å². The van der Waals surface area contributed by atoms with Gasteiger partial charge >= 0.3 is 17.9 Å². The smallest absolute Gasteiger partial charge is 0.319 e. The molecular formula is C15H19IO6. The van der Waals surface area contributed by atoms with Crippen molar-refractivity contribution in [1.82, 2.24) is 0 Å². The second kappa shape index (κ2) is 5.98. The maximum atomic E-state index is 12.2. The van der Waals surface area contributed by atoms with Crippen LogP contribution < -0.4 is 0 Å². The van der Waals surface area contributed by atoms with Crippen LogP contribution in [0.3, 0.4) is 0 Å². The molecule has 2 saturated carbocycles. The predicted octanol–water partition coefficient (Wildman–Crippen LogP) is 1.48. The third-order valence-corrected chi connectivity index (χ3v) is 6.36. The zero-order chi connectivity index (χ0) is 16.0. The number of hydrogen-bond donors (Lipinski definition) is 0. The number of carbonyl (C=O) groups is 3. The Labute approximate surface area is 142 Å². The van der Waals surface area contributed by atoms with Crippen molar-refractivity contribution in [3.63, 3.8) is 0 Å². The van der Waals surface area contributed by atoms with Gasteiger partial charge in [0.1, 0.15) is 16.1 Å². The molecule has 0 aromatic carbocycles. The maximum absolute atomic E-state index is 12.2. The molecule has 3 rings (SSSR count). The first-order chi connectivity index (χ1) is 10.5. The van der Waals surface area contributed by atoms with E-state index in [0.717, 1.165) is 0 Å². The van der Waals surface area contributed by atoms with Crippen LogP contribution in [0.25, 0.3) is 0 Å². The number of ether oxygens (including phenoxy) is 3. The number of halogens is 1. The van der Waals surface area contributed by atoms with Crippen LogP contribution in [0.15, 0.2) is 0 Å². The van der Waals surface area contributed by atoms with E-state index in [2.05, 4.69) is 0 Å². The van der Waals surface area contributed by atoms with E-state index in [9.17, 15) is 14.4 Å². The van der Waals surface area contributed by atoms with Gasteiger partial charge in [0.05, 0.1) is 18.4 Å². The van der Waals surface area contributed by atoms with Crippen LogP contribution in [0.5, 0.6) is 0 Å². The molecular weight excluding hydrogens is 403 g/mol. The summed E-state index contributed by atoms with van der Waals surface area (Å²) in [4.78, 5) is 36.4. The second-order valence-corrected chi connectivity index (χ2v) is 7.55. The summed E-state index contributed by atoms with van der Waals surface area (Å²) in [5.74, 6) is -2.19. The first kappa shape index (κ1) is 16.0. The number of hydrogen-bond acceptors (Lipinski definition) is 6. The molecule has 7 heteroatoms. The summed E-state index contributed by atoms with van der Waals surface area (Å²) in [6.07, 6.45) is 0.450. The molecule has 2 aliphatic carbocycles. The number of alkyl halides is 1. The SMILES string of the molecule is CCOC(=O)C1C2CC3C(OC(=O)C31)C2OC(=O)C(I)CC. The van der Waals surface area contributed by atoms with Crippen LogP contribution in [0.4, 0.5) is 0 Å². The molecule has 7 unspecified atom stereocenters. The van der Waals surface area contributed by atoms with Crippen molar-refractivity contribution in [2.24, 2.45) is 23.7 Å². The molecule has 6 nitrogen and oxygen atoms in total. The summed E-state index contributed by atoms with van der Waals surface area (Å²) in [6, 6.07) is 0. The van der Waals surface area contributed by atoms with Gasteiger partial charge in [-0.2, -0.15) is 0 Å². The van der Waals surface area contributed by atoms with Crippen LogP contribution in [0.1, 0.15) is 26.7 Å². The Bertz CT molecular complexity index is 506. The Hall–Kier alpha value is -0.860. The molecule has 22 heavy (non-hydrogen) atoms. The number of rotatable bonds is 5. The van der Waals surface area contributed by atoms with Crippen molar-refractivity contribution in [2.75, 3.05) is 6.61 Å². The highest BCUT2D eigenvalue weighted by atomic mass is 127. The molecule has 0 amide bonds. The van der Waals surface area contributed by atoms with Gasteiger partial charge in [-0.25, -0.2) is 0 Å². The average molecular weight is 422 g/mol. The molecule has 0 radical (unpaired) electrons. The third-order valence-electron chi connectivity index (χ3n) is 4.97. The lowest BCUT2D eigenvalue weighted by Crippen LogP contribution is -2.44. The first-order valence-electron chi connectivity index (χ1n) is 7.71. The van der Waals surface area contributed by atoms with Crippen molar-refractivity contribution in [3.05, 3.63) is 0 Å². The van der Waals surface area contributed by atoms with Gasteiger partial charge in [0, 0.05) is 11.8 Å². The Balaban J connectivity index is 1.81. The quantitative estimate of drug-likeness (QED) is 0.289. The zero-order valence-electron chi connectivity index (χ0n) is 12.5. The minimum absolute atomic E-state index is 0.0287. The monoisotopic (exact) mass is 422 g/mol. The highest BCUT2D eigenvalue weighted by Gasteiger charge is 2.70. The molecule has 0 N–H and O–H groups in total. The summed E-state index contributed by atoms with van der Waals surface area (Å²) >= 11 is 2.04. The molecule has 0 spiro atoms. The fourth-order valence-electron chi connectivity index (χ4n) is 4.08. The highest BCUT2D eigenvalue weighted by molar-refractivity contribution is 14.1. The van der Waals surface area contributed by atoms with Gasteiger partial charge in [-0.1, -0.05) is 29.5 Å². The topological polar surface area (TPSA) is 78.9 Å². The van der Waals surface area contributed by atoms with Crippen molar-refractivity contribution >= 4 is 40.5 Å². The van der Waals surface area contributed by atoms with E-state index in [4.69, 9.17) is 14.2 Å². The fourth-order valence-corrected chi connectivity index (χ4v) is 4.23. The lowest BCUT2D eigenvalue weighted by molar-refractivity contribution is -0.165. The Morgan fingerprint density at radius 2 is 2.09 bits per heavy atom. The van der Waals surface area contributed by atoms with Gasteiger partial charge in [-0.05, 0) is 19.8 Å². The lowest BCUT2D eigenvalue weighted by Gasteiger charge is -2.30. The van der Waals surface area contributed by atoms with Crippen LogP contribution in [0.2, 0.25) is 0 Å². The predicted molar refractivity (Wildman–Crippen MR) is 83.1 cm³/mol. The second-order valence-electron chi connectivity index (χ2n) is 6.05. The summed E-state index contributed by atoms with van der Waals surface area (Å²) in [6.45, 7) is 3.92. The third kappa shape index (κ3) is 2.32. The molecule has 7 atom stereocenters. The molecule has 2 bridgehead atoms. The van der Waals surface area contributed by atoms with Gasteiger partial charge in [-0.3, -0.25) is 14.4 Å². The zero-order valence-corrected chi connectivity index (χ0v) is 14.6. The Morgan fingerprint density at radius 3 is 2.73 bits per heavy atom. The number of carbonyl (C=O) groups excluding carboxylic acids is 3. The highest BCUT2D eigenvalue weighted by Crippen LogP contribution is 2.59. The van der Waals surface area contributed by atoms with E-state index >= 15 is 0 Å². The van der Waals surface area contributed by atoms with Crippen molar-refractivity contribution in [3.8, 4) is 0 Å². The average Bonchev–Trinajstić information content (AvgIpc) is 3.09. The molecule has 3 fully saturated rings. The molecule has 1 aliphatic heterocycles. The molecule has 122 valence electrons. The van der Waals surface area contributed by atoms with Crippen molar-refractivity contribution < 1.29 is 28.6 Å². The summed E-state index contributed by atoms with van der Waals surface area (Å²) in [5, 5.41) is 0. The van der Waals surface area contributed by atoms with Crippen LogP contribution in [0, 0.1) is 23.7 Å². The van der Waals surface area contributed by atoms with E-state index < -0.39 is 24.0 Å². The van der Waals surface area contributed by atoms with Gasteiger partial charge in [-0.15, -0.1) is 0 Å². The minimum Gasteiger partial charge on any atom is -0.466 e. The molecule has 1 heterocycles. The summed E-state index contributed by atoms with van der Waals surface area (Å²) in [5.41, 5.74) is 0. The molecule has 3 aliphatic rings. The normalized spacial score (nSPS) is 39.5. The minimum atomic E-state index is -0.539. The van der Waals surface area contributed by atoms with Crippen LogP contribution in [-0.4, -0.2) is 40.6 Å². The fraction of sp³-hybridized carbons (Fsp3) is 0.800. The molecule has 0 aromatic heterocycles. The number of esters is 3. The van der Waals surface area contributed by atoms with E-state index in [1.165, 1.54) is 0 Å². The maximum Gasteiger partial charge on any atom is 0.319 e. The van der Waals surface area contributed by atoms with Gasteiger partial charge in [0.15, 0.2) is 0 Å². The van der Waals surface area contributed by atoms with Crippen LogP contribution in [-0.2, 0) is 28.6 Å². The molecule has 1 saturated heterocycles. The standard InChI is InChI=1S/C15H19IO6/c1-3-8(16)13(17)21-11-6-5-7-10(15(19)22-12(7)11)9(6)14(18)20-4-2/h6-12H,3-5H2,1-2H3. The lowest BCUT2D eigenvalue weighted by atomic mass is 9.78. The molecule has 0 aromatic rings. The number of fused-ring (bicyclic) bond motifs is 1. The largest absolute Gasteiger partial charge is 0.466 e. The van der Waals surface area contributed by atoms with Crippen molar-refractivity contribution in [1.29, 1.82) is 0 Å². The van der Waals surface area contributed by atoms with Crippen LogP contribution >= 0.6 is 22.6 Å². The van der Waals surface area contributed by atoms with Gasteiger partial charge in [0.2, 0.25) is 0 Å². The summed E-state index contributed by atoms with van der Waals surface area (Å²) in [7, 11) is 0. The Morgan fingerprint density at radius 1 is 1.36 bits per heavy atom. The summed E-state index contributed by atoms with van der Waals surface area (Å²) < 4.78 is 15.9.